The van der Waals surface area contributed by atoms with Crippen molar-refractivity contribution >= 4 is 23.2 Å². The van der Waals surface area contributed by atoms with Gasteiger partial charge in [0.2, 0.25) is 17.6 Å². The number of nitrogens with one attached hydrogen (secondary N) is 1. The standard InChI is InChI=1S/C22H23ClN4O2/c1-15-6-8-16(9-7-15)21-25-20(29-26-21)14-27-12-10-17(11-13-27)22(28)24-19-5-3-2-4-18(19)23/h2-9,17H,10-14H2,1H3,(H,24,28). The first-order chi connectivity index (χ1) is 14.1. The van der Waals surface area contributed by atoms with Crippen LogP contribution in [0.3, 0.4) is 0 Å². The van der Waals surface area contributed by atoms with Crippen molar-refractivity contribution in [2.45, 2.75) is 26.3 Å². The maximum absolute atomic E-state index is 12.5. The number of halogens is 1. The van der Waals surface area contributed by atoms with Gasteiger partial charge in [-0.25, -0.2) is 0 Å². The van der Waals surface area contributed by atoms with E-state index in [2.05, 4.69) is 20.4 Å². The number of aryl methyl sites for hydroxylation is 1. The molecule has 1 aliphatic heterocycles. The Bertz CT molecular complexity index is 978. The molecule has 0 radical (unpaired) electrons. The molecule has 0 aliphatic carbocycles. The van der Waals surface area contributed by atoms with E-state index in [1.807, 2.05) is 49.4 Å². The van der Waals surface area contributed by atoms with Crippen molar-refractivity contribution in [3.05, 3.63) is 65.0 Å². The van der Waals surface area contributed by atoms with Crippen molar-refractivity contribution in [3.8, 4) is 11.4 Å². The van der Waals surface area contributed by atoms with E-state index in [4.69, 9.17) is 16.1 Å². The van der Waals surface area contributed by atoms with Crippen LogP contribution in [0.25, 0.3) is 11.4 Å². The van der Waals surface area contributed by atoms with E-state index in [9.17, 15) is 4.79 Å². The molecule has 7 heteroatoms. The summed E-state index contributed by atoms with van der Waals surface area (Å²) in [5.74, 6) is 1.21. The molecule has 1 fully saturated rings. The third-order valence-electron chi connectivity index (χ3n) is 5.23. The van der Waals surface area contributed by atoms with Crippen LogP contribution in [0.4, 0.5) is 5.69 Å². The zero-order valence-electron chi connectivity index (χ0n) is 16.3. The topological polar surface area (TPSA) is 71.3 Å². The molecule has 0 unspecified atom stereocenters. The average molecular weight is 411 g/mol. The summed E-state index contributed by atoms with van der Waals surface area (Å²) < 4.78 is 5.42. The predicted octanol–water partition coefficient (Wildman–Crippen LogP) is 4.55. The Morgan fingerprint density at radius 2 is 1.90 bits per heavy atom. The van der Waals surface area contributed by atoms with Crippen molar-refractivity contribution in [2.75, 3.05) is 18.4 Å². The van der Waals surface area contributed by atoms with Crippen LogP contribution in [0.1, 0.15) is 24.3 Å². The number of carbonyl (C=O) groups is 1. The molecular formula is C22H23ClN4O2. The largest absolute Gasteiger partial charge is 0.338 e. The van der Waals surface area contributed by atoms with Gasteiger partial charge in [0.05, 0.1) is 17.3 Å². The number of para-hydroxylation sites is 1. The van der Waals surface area contributed by atoms with Gasteiger partial charge in [0.15, 0.2) is 0 Å². The van der Waals surface area contributed by atoms with Crippen LogP contribution >= 0.6 is 11.6 Å². The monoisotopic (exact) mass is 410 g/mol. The minimum absolute atomic E-state index is 0.0201. The predicted molar refractivity (Wildman–Crippen MR) is 113 cm³/mol. The summed E-state index contributed by atoms with van der Waals surface area (Å²) in [5.41, 5.74) is 2.80. The second-order valence-corrected chi connectivity index (χ2v) is 7.80. The first-order valence-corrected chi connectivity index (χ1v) is 10.1. The molecule has 150 valence electrons. The van der Waals surface area contributed by atoms with Crippen LogP contribution in [0.15, 0.2) is 53.1 Å². The van der Waals surface area contributed by atoms with Gasteiger partial charge in [0, 0.05) is 11.5 Å². The third-order valence-corrected chi connectivity index (χ3v) is 5.56. The summed E-state index contributed by atoms with van der Waals surface area (Å²) in [5, 5.41) is 7.58. The number of likely N-dealkylation sites (tertiary alicyclic amines) is 1. The number of benzene rings is 2. The van der Waals surface area contributed by atoms with Gasteiger partial charge >= 0.3 is 0 Å². The fourth-order valence-electron chi connectivity index (χ4n) is 3.48. The van der Waals surface area contributed by atoms with E-state index < -0.39 is 0 Å². The van der Waals surface area contributed by atoms with Gasteiger partial charge in [-0.3, -0.25) is 9.69 Å². The molecule has 1 saturated heterocycles. The molecule has 3 aromatic rings. The summed E-state index contributed by atoms with van der Waals surface area (Å²) in [6.07, 6.45) is 1.57. The molecule has 4 rings (SSSR count). The zero-order valence-corrected chi connectivity index (χ0v) is 17.0. The lowest BCUT2D eigenvalue weighted by molar-refractivity contribution is -0.121. The Morgan fingerprint density at radius 3 is 2.62 bits per heavy atom. The molecular weight excluding hydrogens is 388 g/mol. The van der Waals surface area contributed by atoms with Gasteiger partial charge in [-0.1, -0.05) is 58.7 Å². The van der Waals surface area contributed by atoms with Crippen LogP contribution in [0, 0.1) is 12.8 Å². The molecule has 2 heterocycles. The van der Waals surface area contributed by atoms with Crippen LogP contribution < -0.4 is 5.32 Å². The van der Waals surface area contributed by atoms with Crippen LogP contribution in [0.5, 0.6) is 0 Å². The number of hydrogen-bond acceptors (Lipinski definition) is 5. The Balaban J connectivity index is 1.29. The first-order valence-electron chi connectivity index (χ1n) is 9.76. The van der Waals surface area contributed by atoms with E-state index in [1.54, 1.807) is 6.07 Å². The molecule has 0 saturated carbocycles. The number of carbonyl (C=O) groups excluding carboxylic acids is 1. The molecule has 0 bridgehead atoms. The summed E-state index contributed by atoms with van der Waals surface area (Å²) in [6.45, 7) is 4.26. The molecule has 1 amide bonds. The lowest BCUT2D eigenvalue weighted by Crippen LogP contribution is -2.37. The van der Waals surface area contributed by atoms with Gasteiger partial charge in [-0.05, 0) is 45.0 Å². The summed E-state index contributed by atoms with van der Waals surface area (Å²) >= 11 is 6.13. The summed E-state index contributed by atoms with van der Waals surface area (Å²) in [4.78, 5) is 19.3. The van der Waals surface area contributed by atoms with Gasteiger partial charge in [-0.2, -0.15) is 4.98 Å². The Kier molecular flexibility index (Phi) is 5.92. The highest BCUT2D eigenvalue weighted by Crippen LogP contribution is 2.25. The van der Waals surface area contributed by atoms with Crippen LogP contribution in [0.2, 0.25) is 5.02 Å². The lowest BCUT2D eigenvalue weighted by atomic mass is 9.96. The van der Waals surface area contributed by atoms with Gasteiger partial charge in [0.25, 0.3) is 0 Å². The summed E-state index contributed by atoms with van der Waals surface area (Å²) in [7, 11) is 0. The van der Waals surface area contributed by atoms with Crippen LogP contribution in [-0.2, 0) is 11.3 Å². The zero-order chi connectivity index (χ0) is 20.2. The highest BCUT2D eigenvalue weighted by Gasteiger charge is 2.26. The maximum Gasteiger partial charge on any atom is 0.241 e. The van der Waals surface area contributed by atoms with E-state index >= 15 is 0 Å². The highest BCUT2D eigenvalue weighted by molar-refractivity contribution is 6.33. The number of amides is 1. The quantitative estimate of drug-likeness (QED) is 0.668. The fraction of sp³-hybridized carbons (Fsp3) is 0.318. The van der Waals surface area contributed by atoms with Gasteiger partial charge in [-0.15, -0.1) is 0 Å². The van der Waals surface area contributed by atoms with Crippen molar-refractivity contribution in [2.24, 2.45) is 5.92 Å². The highest BCUT2D eigenvalue weighted by atomic mass is 35.5. The number of piperidine rings is 1. The van der Waals surface area contributed by atoms with Crippen molar-refractivity contribution in [1.29, 1.82) is 0 Å². The molecule has 1 aliphatic rings. The van der Waals surface area contributed by atoms with Crippen LogP contribution in [-0.4, -0.2) is 34.0 Å². The number of rotatable bonds is 5. The van der Waals surface area contributed by atoms with E-state index in [0.717, 1.165) is 31.5 Å². The van der Waals surface area contributed by atoms with Crippen molar-refractivity contribution in [1.82, 2.24) is 15.0 Å². The maximum atomic E-state index is 12.5. The van der Waals surface area contributed by atoms with E-state index in [0.29, 0.717) is 29.0 Å². The number of anilines is 1. The van der Waals surface area contributed by atoms with E-state index in [-0.39, 0.29) is 11.8 Å². The first kappa shape index (κ1) is 19.6. The lowest BCUT2D eigenvalue weighted by Gasteiger charge is -2.30. The second kappa shape index (κ2) is 8.76. The molecule has 2 aromatic carbocycles. The number of aromatic nitrogens is 2. The Hall–Kier alpha value is -2.70. The Labute approximate surface area is 174 Å². The van der Waals surface area contributed by atoms with Gasteiger partial charge in [0.1, 0.15) is 0 Å². The Morgan fingerprint density at radius 1 is 1.17 bits per heavy atom. The molecule has 1 N–H and O–H groups in total. The smallest absolute Gasteiger partial charge is 0.241 e. The van der Waals surface area contributed by atoms with Gasteiger partial charge < -0.3 is 9.84 Å². The fourth-order valence-corrected chi connectivity index (χ4v) is 3.66. The average Bonchev–Trinajstić information content (AvgIpc) is 3.19. The second-order valence-electron chi connectivity index (χ2n) is 7.40. The SMILES string of the molecule is Cc1ccc(-c2noc(CN3CCC(C(=O)Nc4ccccc4Cl)CC3)n2)cc1. The minimum atomic E-state index is -0.0201. The molecule has 1 aromatic heterocycles. The summed E-state index contributed by atoms with van der Waals surface area (Å²) in [6, 6.07) is 15.3. The molecule has 29 heavy (non-hydrogen) atoms. The van der Waals surface area contributed by atoms with E-state index in [1.165, 1.54) is 5.56 Å². The third kappa shape index (κ3) is 4.83. The number of nitrogens with zero attached hydrogens (tertiary/aromatic N) is 3. The molecule has 6 nitrogen and oxygen atoms in total. The minimum Gasteiger partial charge on any atom is -0.338 e. The van der Waals surface area contributed by atoms with Crippen molar-refractivity contribution < 1.29 is 9.32 Å². The van der Waals surface area contributed by atoms with Crippen molar-refractivity contribution in [3.63, 3.8) is 0 Å². The molecule has 0 atom stereocenters. The normalized spacial score (nSPS) is 15.4. The number of hydrogen-bond donors (Lipinski definition) is 1. The molecule has 0 spiro atoms.